The highest BCUT2D eigenvalue weighted by molar-refractivity contribution is 5.47. The van der Waals surface area contributed by atoms with E-state index in [2.05, 4.69) is 0 Å². The molecular weight excluding hydrogens is 463 g/mol. The van der Waals surface area contributed by atoms with E-state index in [-0.39, 0.29) is 13.0 Å². The summed E-state index contributed by atoms with van der Waals surface area (Å²) >= 11 is 0. The molecule has 3 atom stereocenters. The Hall–Kier alpha value is -3.85. The van der Waals surface area contributed by atoms with Crippen molar-refractivity contribution in [2.24, 2.45) is 0 Å². The fourth-order valence-electron chi connectivity index (χ4n) is 4.69. The Kier molecular flexibility index (Phi) is 6.65. The number of rotatable bonds is 7. The molecule has 2 N–H and O–H groups in total. The summed E-state index contributed by atoms with van der Waals surface area (Å²) in [7, 11) is 0. The van der Waals surface area contributed by atoms with E-state index < -0.39 is 41.1 Å². The zero-order chi connectivity index (χ0) is 25.1. The standard InChI is InChI=1S/C28H25FN2O5/c29-22-17-31(27(34)30-26(22)33)25-16-23(32)24(36-25)18-35-28(19-10-4-1-5-11-19,20-12-6-2-7-13-20)21-14-8-3-9-15-21/h1-15,17,23-25,32H,16,18H2,(H,30,33,34)/t23-,24-,25+/m0/s1. The Labute approximate surface area is 206 Å². The van der Waals surface area contributed by atoms with E-state index in [1.807, 2.05) is 96.0 Å². The molecule has 5 rings (SSSR count). The molecule has 1 saturated heterocycles. The van der Waals surface area contributed by atoms with Crippen LogP contribution in [-0.2, 0) is 15.1 Å². The van der Waals surface area contributed by atoms with E-state index in [0.29, 0.717) is 0 Å². The Morgan fingerprint density at radius 3 is 1.92 bits per heavy atom. The van der Waals surface area contributed by atoms with Crippen molar-refractivity contribution in [3.8, 4) is 0 Å². The van der Waals surface area contributed by atoms with Crippen molar-refractivity contribution in [2.45, 2.75) is 30.5 Å². The van der Waals surface area contributed by atoms with Crippen molar-refractivity contribution in [2.75, 3.05) is 6.61 Å². The molecule has 2 heterocycles. The largest absolute Gasteiger partial charge is 0.390 e. The van der Waals surface area contributed by atoms with E-state index in [1.165, 1.54) is 0 Å². The van der Waals surface area contributed by atoms with Crippen molar-refractivity contribution in [3.63, 3.8) is 0 Å². The van der Waals surface area contributed by atoms with E-state index in [4.69, 9.17) is 9.47 Å². The van der Waals surface area contributed by atoms with Crippen molar-refractivity contribution < 1.29 is 19.0 Å². The summed E-state index contributed by atoms with van der Waals surface area (Å²) in [4.78, 5) is 25.5. The number of aromatic nitrogens is 2. The van der Waals surface area contributed by atoms with Crippen molar-refractivity contribution in [1.82, 2.24) is 9.55 Å². The summed E-state index contributed by atoms with van der Waals surface area (Å²) in [6.45, 7) is -0.0169. The fraction of sp³-hybridized carbons (Fsp3) is 0.214. The zero-order valence-corrected chi connectivity index (χ0v) is 19.3. The summed E-state index contributed by atoms with van der Waals surface area (Å²) in [6, 6.07) is 29.3. The van der Waals surface area contributed by atoms with Crippen LogP contribution in [0.2, 0.25) is 0 Å². The van der Waals surface area contributed by atoms with Gasteiger partial charge in [0.2, 0.25) is 5.82 Å². The Morgan fingerprint density at radius 1 is 0.917 bits per heavy atom. The SMILES string of the molecule is O=c1[nH]c(=O)n([C@H]2C[C@H](O)[C@H](COC(c3ccccc3)(c3ccccc3)c3ccccc3)O2)cc1F. The fourth-order valence-corrected chi connectivity index (χ4v) is 4.69. The lowest BCUT2D eigenvalue weighted by atomic mass is 9.80. The van der Waals surface area contributed by atoms with Gasteiger partial charge in [0.05, 0.1) is 18.9 Å². The van der Waals surface area contributed by atoms with E-state index in [1.54, 1.807) is 0 Å². The van der Waals surface area contributed by atoms with Crippen LogP contribution in [-0.4, -0.2) is 33.5 Å². The number of benzene rings is 3. The molecule has 0 radical (unpaired) electrons. The van der Waals surface area contributed by atoms with Crippen LogP contribution >= 0.6 is 0 Å². The number of ether oxygens (including phenoxy) is 2. The molecule has 0 bridgehead atoms. The normalized spacial score (nSPS) is 19.9. The van der Waals surface area contributed by atoms with Crippen LogP contribution in [0.1, 0.15) is 29.3 Å². The summed E-state index contributed by atoms with van der Waals surface area (Å²) < 4.78 is 27.4. The van der Waals surface area contributed by atoms with Gasteiger partial charge in [-0.15, -0.1) is 0 Å². The third-order valence-electron chi connectivity index (χ3n) is 6.44. The maximum Gasteiger partial charge on any atom is 0.330 e. The molecule has 1 aliphatic heterocycles. The van der Waals surface area contributed by atoms with Gasteiger partial charge in [-0.05, 0) is 16.7 Å². The van der Waals surface area contributed by atoms with Gasteiger partial charge in [-0.25, -0.2) is 4.79 Å². The van der Waals surface area contributed by atoms with E-state index in [9.17, 15) is 19.1 Å². The summed E-state index contributed by atoms with van der Waals surface area (Å²) in [5.74, 6) is -1.11. The lowest BCUT2D eigenvalue weighted by molar-refractivity contribution is -0.0945. The van der Waals surface area contributed by atoms with Crippen LogP contribution in [0.3, 0.4) is 0 Å². The van der Waals surface area contributed by atoms with E-state index in [0.717, 1.165) is 27.5 Å². The number of aliphatic hydroxyl groups is 1. The van der Waals surface area contributed by atoms with Crippen LogP contribution in [0, 0.1) is 5.82 Å². The third-order valence-corrected chi connectivity index (χ3v) is 6.44. The monoisotopic (exact) mass is 488 g/mol. The lowest BCUT2D eigenvalue weighted by Crippen LogP contribution is -2.38. The first-order valence-electron chi connectivity index (χ1n) is 11.6. The van der Waals surface area contributed by atoms with Crippen LogP contribution < -0.4 is 11.2 Å². The molecule has 0 aliphatic carbocycles. The van der Waals surface area contributed by atoms with Gasteiger partial charge in [-0.2, -0.15) is 4.39 Å². The van der Waals surface area contributed by atoms with Crippen molar-refractivity contribution >= 4 is 0 Å². The molecule has 4 aromatic rings. The number of aliphatic hydroxyl groups excluding tert-OH is 1. The molecule has 1 aliphatic rings. The number of nitrogens with one attached hydrogen (secondary N) is 1. The molecule has 0 saturated carbocycles. The topological polar surface area (TPSA) is 93.6 Å². The van der Waals surface area contributed by atoms with Gasteiger partial charge in [0, 0.05) is 6.42 Å². The van der Waals surface area contributed by atoms with E-state index >= 15 is 0 Å². The smallest absolute Gasteiger partial charge is 0.330 e. The van der Waals surface area contributed by atoms with Gasteiger partial charge in [0.1, 0.15) is 17.9 Å². The highest BCUT2D eigenvalue weighted by Gasteiger charge is 2.42. The number of H-pyrrole nitrogens is 1. The van der Waals surface area contributed by atoms with Gasteiger partial charge in [0.25, 0.3) is 5.56 Å². The average Bonchev–Trinajstić information content (AvgIpc) is 3.28. The number of aromatic amines is 1. The van der Waals surface area contributed by atoms with Crippen LogP contribution in [0.25, 0.3) is 0 Å². The number of halogens is 1. The van der Waals surface area contributed by atoms with Gasteiger partial charge in [-0.1, -0.05) is 91.0 Å². The molecular formula is C28H25FN2O5. The molecule has 8 heteroatoms. The first kappa shape index (κ1) is 23.9. The second-order valence-corrected chi connectivity index (χ2v) is 8.67. The Balaban J connectivity index is 1.50. The Morgan fingerprint density at radius 2 is 1.42 bits per heavy atom. The molecule has 0 spiro atoms. The first-order valence-corrected chi connectivity index (χ1v) is 11.6. The molecule has 3 aromatic carbocycles. The summed E-state index contributed by atoms with van der Waals surface area (Å²) in [5.41, 5.74) is -0.243. The first-order chi connectivity index (χ1) is 17.5. The maximum absolute atomic E-state index is 13.8. The second-order valence-electron chi connectivity index (χ2n) is 8.67. The molecule has 0 unspecified atom stereocenters. The second kappa shape index (κ2) is 10.0. The lowest BCUT2D eigenvalue weighted by Gasteiger charge is -2.37. The predicted octanol–water partition coefficient (Wildman–Crippen LogP) is 3.33. The van der Waals surface area contributed by atoms with Gasteiger partial charge < -0.3 is 14.6 Å². The Bertz CT molecular complexity index is 1330. The quantitative estimate of drug-likeness (QED) is 0.389. The molecule has 36 heavy (non-hydrogen) atoms. The van der Waals surface area contributed by atoms with Crippen molar-refractivity contribution in [3.05, 3.63) is 141 Å². The third kappa shape index (κ3) is 4.42. The highest BCUT2D eigenvalue weighted by atomic mass is 19.1. The predicted molar refractivity (Wildman–Crippen MR) is 131 cm³/mol. The number of hydrogen-bond acceptors (Lipinski definition) is 5. The molecule has 1 fully saturated rings. The maximum atomic E-state index is 13.8. The minimum Gasteiger partial charge on any atom is -0.390 e. The molecule has 7 nitrogen and oxygen atoms in total. The van der Waals surface area contributed by atoms with Crippen LogP contribution in [0.5, 0.6) is 0 Å². The summed E-state index contributed by atoms with van der Waals surface area (Å²) in [5, 5.41) is 10.8. The highest BCUT2D eigenvalue weighted by Crippen LogP contribution is 2.41. The average molecular weight is 489 g/mol. The number of hydrogen-bond donors (Lipinski definition) is 2. The van der Waals surface area contributed by atoms with Gasteiger partial charge in [0.15, 0.2) is 0 Å². The van der Waals surface area contributed by atoms with Crippen molar-refractivity contribution in [1.29, 1.82) is 0 Å². The molecule has 184 valence electrons. The zero-order valence-electron chi connectivity index (χ0n) is 19.3. The van der Waals surface area contributed by atoms with Crippen LogP contribution in [0.15, 0.2) is 107 Å². The molecule has 1 aromatic heterocycles. The number of nitrogens with zero attached hydrogens (tertiary/aromatic N) is 1. The minimum atomic E-state index is -1.11. The van der Waals surface area contributed by atoms with Gasteiger partial charge in [-0.3, -0.25) is 14.3 Å². The summed E-state index contributed by atoms with van der Waals surface area (Å²) in [6.07, 6.45) is -1.89. The van der Waals surface area contributed by atoms with Crippen LogP contribution in [0.4, 0.5) is 4.39 Å². The van der Waals surface area contributed by atoms with Gasteiger partial charge >= 0.3 is 5.69 Å². The molecule has 0 amide bonds. The minimum absolute atomic E-state index is 0.0169.